The highest BCUT2D eigenvalue weighted by Crippen LogP contribution is 2.42. The van der Waals surface area contributed by atoms with Crippen LogP contribution in [0.1, 0.15) is 158 Å². The number of amides is 6. The van der Waals surface area contributed by atoms with Crippen LogP contribution in [0.3, 0.4) is 0 Å². The van der Waals surface area contributed by atoms with Crippen LogP contribution < -0.4 is 31.1 Å². The fraction of sp³-hybridized carbons (Fsp3) is 0.475. The highest BCUT2D eigenvalue weighted by Gasteiger charge is 2.55. The first-order valence-corrected chi connectivity index (χ1v) is 33.2. The number of halogens is 5. The second kappa shape index (κ2) is 33.1. The third kappa shape index (κ3) is 21.0. The molecule has 4 aromatic rings. The number of carbonyl (C=O) groups excluding carboxylic acids is 7. The fourth-order valence-corrected chi connectivity index (χ4v) is 12.6. The molecule has 2 atom stereocenters. The Hall–Kier alpha value is -5.61. The summed E-state index contributed by atoms with van der Waals surface area (Å²) in [4.78, 5) is 95.9. The number of unbranched alkanes of at least 4 members (excludes halogenated alkanes) is 13. The van der Waals surface area contributed by atoms with E-state index in [-0.39, 0.29) is 66.2 Å². The van der Waals surface area contributed by atoms with Gasteiger partial charge in [0.15, 0.2) is 17.4 Å². The van der Waals surface area contributed by atoms with Crippen molar-refractivity contribution < 1.29 is 46.7 Å². The standard InChI is InChI=1S/C35H41Cl4N5O4S2.C26H36ClN3O6/c1-3-4-5-6-7-8-9-10-11-14-19-50(47,48)43-25-17-18-26(37)30(22-25)41-34-33(49-31-16-13-12-15-29(31)40-23(2)45)35(46)44(42-34)32-27(38)20-24(36)21-28(32)39;1-7-8-9-10-11-12-19(31)28-16-13-14-17(27)18(15-16)29-22(33)20(21(32)25(2,3)4)30-23(34)26(5,6)36-24(30)35/h12-13,15-18,20-22,33,43H,3-11,14,19H2,1-2H3,(H,40,45)(H,41,42);13-15,20H,7-12H2,1-6H3,(H,28,31)(H,29,33). The minimum atomic E-state index is -3.63. The van der Waals surface area contributed by atoms with Crippen LogP contribution in [0.15, 0.2) is 82.7 Å². The number of para-hydroxylation sites is 1. The van der Waals surface area contributed by atoms with E-state index in [0.717, 1.165) is 63.1 Å². The highest BCUT2D eigenvalue weighted by atomic mass is 35.5. The molecule has 2 unspecified atom stereocenters. The molecule has 6 rings (SSSR count). The van der Waals surface area contributed by atoms with Gasteiger partial charge in [-0.1, -0.05) is 188 Å². The zero-order chi connectivity index (χ0) is 63.5. The molecule has 18 nitrogen and oxygen atoms in total. The van der Waals surface area contributed by atoms with Gasteiger partial charge in [-0.3, -0.25) is 38.9 Å². The lowest BCUT2D eigenvalue weighted by atomic mass is 9.85. The van der Waals surface area contributed by atoms with Crippen molar-refractivity contribution in [3.63, 3.8) is 0 Å². The number of Topliss-reactive ketones (excluding diaryl/α,β-unsaturated/α-hetero) is 1. The molecule has 0 bridgehead atoms. The Balaban J connectivity index is 0.000000332. The van der Waals surface area contributed by atoms with Gasteiger partial charge in [0.1, 0.15) is 16.8 Å². The Labute approximate surface area is 534 Å². The molecule has 468 valence electrons. The normalized spacial score (nSPS) is 15.6. The van der Waals surface area contributed by atoms with Gasteiger partial charge in [-0.25, -0.2) is 28.1 Å². The number of aliphatic imine (C=N–C) groups is 1. The van der Waals surface area contributed by atoms with Crippen molar-refractivity contribution in [1.29, 1.82) is 0 Å². The molecule has 2 aliphatic rings. The van der Waals surface area contributed by atoms with Crippen LogP contribution in [0.4, 0.5) is 38.9 Å². The van der Waals surface area contributed by atoms with Gasteiger partial charge in [0.25, 0.3) is 17.7 Å². The molecule has 4 aromatic carbocycles. The molecular weight excluding hydrogens is 1250 g/mol. The summed E-state index contributed by atoms with van der Waals surface area (Å²) in [5.74, 6) is -3.09. The first-order chi connectivity index (χ1) is 40.6. The van der Waals surface area contributed by atoms with E-state index in [9.17, 15) is 42.0 Å². The number of carbonyl (C=O) groups is 7. The third-order valence-corrected chi connectivity index (χ3v) is 17.7. The molecule has 2 heterocycles. The van der Waals surface area contributed by atoms with Crippen molar-refractivity contribution in [2.45, 2.75) is 180 Å². The number of hydrogen-bond donors (Lipinski definition) is 5. The molecule has 0 saturated carbocycles. The van der Waals surface area contributed by atoms with Crippen molar-refractivity contribution >= 4 is 161 Å². The topological polar surface area (TPSA) is 242 Å². The van der Waals surface area contributed by atoms with Crippen molar-refractivity contribution in [2.75, 3.05) is 31.4 Å². The summed E-state index contributed by atoms with van der Waals surface area (Å²) in [6, 6.07) is 17.4. The predicted octanol–water partition coefficient (Wildman–Crippen LogP) is 16.0. The van der Waals surface area contributed by atoms with Crippen molar-refractivity contribution in [2.24, 2.45) is 10.4 Å². The minimum Gasteiger partial charge on any atom is -0.433 e. The van der Waals surface area contributed by atoms with E-state index < -0.39 is 61.9 Å². The molecule has 0 aromatic heterocycles. The molecule has 86 heavy (non-hydrogen) atoms. The summed E-state index contributed by atoms with van der Waals surface area (Å²) in [5.41, 5.74) is 2.16. The average Bonchev–Trinajstić information content (AvgIpc) is 3.91. The molecule has 2 aliphatic heterocycles. The van der Waals surface area contributed by atoms with E-state index in [4.69, 9.17) is 67.7 Å². The van der Waals surface area contributed by atoms with Gasteiger partial charge in [-0.15, -0.1) is 11.8 Å². The number of rotatable bonds is 29. The number of hydrazine groups is 1. The van der Waals surface area contributed by atoms with Crippen LogP contribution in [0.25, 0.3) is 0 Å². The molecule has 0 aliphatic carbocycles. The van der Waals surface area contributed by atoms with Crippen LogP contribution in [0, 0.1) is 5.41 Å². The lowest BCUT2D eigenvalue weighted by Crippen LogP contribution is -2.55. The molecule has 2 fully saturated rings. The van der Waals surface area contributed by atoms with Crippen molar-refractivity contribution in [1.82, 2.24) is 10.3 Å². The van der Waals surface area contributed by atoms with E-state index in [2.05, 4.69) is 39.9 Å². The summed E-state index contributed by atoms with van der Waals surface area (Å²) in [6.45, 7) is 13.2. The number of thioether (sulfide) groups is 1. The van der Waals surface area contributed by atoms with Crippen molar-refractivity contribution in [3.8, 4) is 0 Å². The summed E-state index contributed by atoms with van der Waals surface area (Å²) in [6.07, 6.45) is 15.4. The Morgan fingerprint density at radius 2 is 1.28 bits per heavy atom. The maximum Gasteiger partial charge on any atom is 0.418 e. The number of ether oxygens (including phenoxy) is 1. The average molecular weight is 1320 g/mol. The molecule has 2 saturated heterocycles. The van der Waals surface area contributed by atoms with Crippen LogP contribution in [0.2, 0.25) is 25.1 Å². The molecule has 0 spiro atoms. The number of hydrogen-bond acceptors (Lipinski definition) is 12. The summed E-state index contributed by atoms with van der Waals surface area (Å²) in [7, 11) is -3.63. The number of ketones is 1. The SMILES string of the molecule is CCCCCCCC(=O)Nc1ccc(Cl)c(NC(=O)C(C(=O)C(C)(C)C)N2C(=O)OC(C)(C)C2=O)c1.CCCCCCCCCCCCS(=O)(=O)Nc1ccc(Cl)c(N=C2NN(c3c(Cl)cc(Cl)cc3Cl)C(=O)C2Sc2ccccc2NC(C)=O)c1. The van der Waals surface area contributed by atoms with Crippen LogP contribution >= 0.6 is 69.8 Å². The number of imide groups is 1. The highest BCUT2D eigenvalue weighted by molar-refractivity contribution is 8.01. The number of sulfonamides is 1. The Morgan fingerprint density at radius 3 is 1.86 bits per heavy atom. The molecule has 25 heteroatoms. The molecule has 0 radical (unpaired) electrons. The first kappa shape index (κ1) is 71.1. The quantitative estimate of drug-likeness (QED) is 0.0252. The molecule has 6 amide bonds. The zero-order valence-electron chi connectivity index (χ0n) is 49.7. The van der Waals surface area contributed by atoms with E-state index in [0.29, 0.717) is 39.0 Å². The minimum absolute atomic E-state index is 0.00394. The lowest BCUT2D eigenvalue weighted by Gasteiger charge is -2.28. The van der Waals surface area contributed by atoms with Gasteiger partial charge in [0.05, 0.1) is 48.6 Å². The van der Waals surface area contributed by atoms with Crippen LogP contribution in [-0.4, -0.2) is 83.2 Å². The fourth-order valence-electron chi connectivity index (χ4n) is 9.04. The number of cyclic esters (lactones) is 1. The monoisotopic (exact) mass is 1320 g/mol. The smallest absolute Gasteiger partial charge is 0.418 e. The second-order valence-electron chi connectivity index (χ2n) is 22.4. The molecule has 5 N–H and O–H groups in total. The largest absolute Gasteiger partial charge is 0.433 e. The Morgan fingerprint density at radius 1 is 0.709 bits per heavy atom. The predicted molar refractivity (Wildman–Crippen MR) is 348 cm³/mol. The summed E-state index contributed by atoms with van der Waals surface area (Å²) >= 11 is 33.1. The number of benzene rings is 4. The van der Waals surface area contributed by atoms with Gasteiger partial charge in [-0.2, -0.15) is 0 Å². The second-order valence-corrected chi connectivity index (χ2v) is 27.5. The maximum atomic E-state index is 14.0. The van der Waals surface area contributed by atoms with Gasteiger partial charge in [0, 0.05) is 34.4 Å². The van der Waals surface area contributed by atoms with Crippen molar-refractivity contribution in [3.05, 3.63) is 97.9 Å². The van der Waals surface area contributed by atoms with Crippen LogP contribution in [0.5, 0.6) is 0 Å². The Bertz CT molecular complexity index is 3230. The van der Waals surface area contributed by atoms with Gasteiger partial charge >= 0.3 is 6.09 Å². The first-order valence-electron chi connectivity index (χ1n) is 28.8. The zero-order valence-corrected chi connectivity index (χ0v) is 55.1. The van der Waals surface area contributed by atoms with Gasteiger partial charge in [0.2, 0.25) is 21.8 Å². The number of amidine groups is 1. The third-order valence-electron chi connectivity index (χ3n) is 13.6. The van der Waals surface area contributed by atoms with Gasteiger partial charge < -0.3 is 20.7 Å². The molecular formula is C61H77Cl5N8O10S2. The number of nitrogens with one attached hydrogen (secondary N) is 5. The number of nitrogens with zero attached hydrogens (tertiary/aromatic N) is 3. The van der Waals surface area contributed by atoms with E-state index in [1.807, 2.05) is 0 Å². The Kier molecular flexibility index (Phi) is 27.4. The van der Waals surface area contributed by atoms with E-state index in [1.165, 1.54) is 101 Å². The van der Waals surface area contributed by atoms with Crippen LogP contribution in [-0.2, 0) is 43.5 Å². The maximum absolute atomic E-state index is 14.0. The summed E-state index contributed by atoms with van der Waals surface area (Å²) in [5, 5.41) is 9.24. The summed E-state index contributed by atoms with van der Waals surface area (Å²) < 4.78 is 33.6. The number of anilines is 5. The van der Waals surface area contributed by atoms with Gasteiger partial charge in [-0.05, 0) is 87.4 Å². The lowest BCUT2D eigenvalue weighted by molar-refractivity contribution is -0.145. The van der Waals surface area contributed by atoms with E-state index in [1.54, 1.807) is 57.2 Å². The van der Waals surface area contributed by atoms with E-state index >= 15 is 0 Å².